The molecule has 1 rings (SSSR count). The van der Waals surface area contributed by atoms with Gasteiger partial charge in [-0.05, 0) is 25.0 Å². The maximum atomic E-state index is 12.3. The van der Waals surface area contributed by atoms with Gasteiger partial charge >= 0.3 is 6.03 Å². The van der Waals surface area contributed by atoms with Crippen LogP contribution in [0.2, 0.25) is 0 Å². The minimum Gasteiger partial charge on any atom is -0.383 e. The zero-order valence-corrected chi connectivity index (χ0v) is 12.6. The van der Waals surface area contributed by atoms with Crippen molar-refractivity contribution in [2.75, 3.05) is 20.3 Å². The summed E-state index contributed by atoms with van der Waals surface area (Å²) in [6, 6.07) is 5.87. The van der Waals surface area contributed by atoms with E-state index in [1.54, 1.807) is 13.3 Å². The predicted molar refractivity (Wildman–Crippen MR) is 79.4 cm³/mol. The third kappa shape index (κ3) is 5.17. The SMILES string of the molecule is CCC(CC)N(CCOC)C(=O)NCc1ccccn1. The quantitative estimate of drug-likeness (QED) is 0.795. The number of hydrogen-bond acceptors (Lipinski definition) is 3. The Kier molecular flexibility index (Phi) is 7.65. The molecule has 0 aromatic carbocycles. The first-order valence-corrected chi connectivity index (χ1v) is 7.16. The van der Waals surface area contributed by atoms with Crippen molar-refractivity contribution in [3.63, 3.8) is 0 Å². The number of carbonyl (C=O) groups excluding carboxylic acids is 1. The summed E-state index contributed by atoms with van der Waals surface area (Å²) < 4.78 is 5.09. The molecule has 0 saturated heterocycles. The lowest BCUT2D eigenvalue weighted by atomic mass is 10.1. The van der Waals surface area contributed by atoms with Crippen molar-refractivity contribution in [1.29, 1.82) is 0 Å². The number of aromatic nitrogens is 1. The van der Waals surface area contributed by atoms with Gasteiger partial charge in [0.15, 0.2) is 0 Å². The Morgan fingerprint density at radius 3 is 2.70 bits per heavy atom. The van der Waals surface area contributed by atoms with Crippen LogP contribution in [0.15, 0.2) is 24.4 Å². The largest absolute Gasteiger partial charge is 0.383 e. The fourth-order valence-electron chi connectivity index (χ4n) is 2.14. The van der Waals surface area contributed by atoms with E-state index in [1.807, 2.05) is 23.1 Å². The van der Waals surface area contributed by atoms with Crippen LogP contribution in [0.25, 0.3) is 0 Å². The lowest BCUT2D eigenvalue weighted by Crippen LogP contribution is -2.47. The van der Waals surface area contributed by atoms with Crippen molar-refractivity contribution in [2.45, 2.75) is 39.3 Å². The van der Waals surface area contributed by atoms with Gasteiger partial charge in [-0.25, -0.2) is 4.79 Å². The first-order chi connectivity index (χ1) is 9.72. The molecule has 0 aliphatic heterocycles. The van der Waals surface area contributed by atoms with Crippen LogP contribution < -0.4 is 5.32 Å². The van der Waals surface area contributed by atoms with Gasteiger partial charge in [-0.1, -0.05) is 19.9 Å². The number of ether oxygens (including phenoxy) is 1. The smallest absolute Gasteiger partial charge is 0.318 e. The fraction of sp³-hybridized carbons (Fsp3) is 0.600. The highest BCUT2D eigenvalue weighted by atomic mass is 16.5. The molecule has 1 aromatic heterocycles. The molecule has 2 amide bonds. The number of rotatable bonds is 8. The standard InChI is InChI=1S/C15H25N3O2/c1-4-14(5-2)18(10-11-20-3)15(19)17-12-13-8-6-7-9-16-13/h6-9,14H,4-5,10-12H2,1-3H3,(H,17,19). The van der Waals surface area contributed by atoms with Crippen LogP contribution in [-0.2, 0) is 11.3 Å². The van der Waals surface area contributed by atoms with Gasteiger partial charge in [0.1, 0.15) is 0 Å². The van der Waals surface area contributed by atoms with Gasteiger partial charge in [-0.2, -0.15) is 0 Å². The topological polar surface area (TPSA) is 54.5 Å². The molecule has 20 heavy (non-hydrogen) atoms. The van der Waals surface area contributed by atoms with Crippen molar-refractivity contribution in [3.05, 3.63) is 30.1 Å². The first kappa shape index (κ1) is 16.4. The normalized spacial score (nSPS) is 10.6. The zero-order chi connectivity index (χ0) is 14.8. The molecule has 112 valence electrons. The number of hydrogen-bond donors (Lipinski definition) is 1. The molecule has 1 N–H and O–H groups in total. The molecule has 0 bridgehead atoms. The molecular formula is C15H25N3O2. The number of urea groups is 1. The van der Waals surface area contributed by atoms with Crippen LogP contribution >= 0.6 is 0 Å². The third-order valence-electron chi connectivity index (χ3n) is 3.33. The minimum atomic E-state index is -0.0543. The lowest BCUT2D eigenvalue weighted by Gasteiger charge is -2.30. The molecule has 5 heteroatoms. The van der Waals surface area contributed by atoms with Crippen molar-refractivity contribution in [3.8, 4) is 0 Å². The van der Waals surface area contributed by atoms with E-state index in [9.17, 15) is 4.79 Å². The van der Waals surface area contributed by atoms with Crippen LogP contribution in [0.5, 0.6) is 0 Å². The Balaban J connectivity index is 2.58. The highest BCUT2D eigenvalue weighted by Crippen LogP contribution is 2.09. The average Bonchev–Trinajstić information content (AvgIpc) is 2.50. The lowest BCUT2D eigenvalue weighted by molar-refractivity contribution is 0.125. The van der Waals surface area contributed by atoms with E-state index in [2.05, 4.69) is 24.1 Å². The van der Waals surface area contributed by atoms with Gasteiger partial charge < -0.3 is 15.0 Å². The second kappa shape index (κ2) is 9.31. The second-order valence-corrected chi connectivity index (χ2v) is 4.64. The van der Waals surface area contributed by atoms with Crippen molar-refractivity contribution in [2.24, 2.45) is 0 Å². The fourth-order valence-corrected chi connectivity index (χ4v) is 2.14. The predicted octanol–water partition coefficient (Wildman–Crippen LogP) is 2.43. The van der Waals surface area contributed by atoms with Gasteiger partial charge in [0.25, 0.3) is 0 Å². The average molecular weight is 279 g/mol. The molecular weight excluding hydrogens is 254 g/mol. The van der Waals surface area contributed by atoms with Crippen molar-refractivity contribution >= 4 is 6.03 Å². The third-order valence-corrected chi connectivity index (χ3v) is 3.33. The number of methoxy groups -OCH3 is 1. The summed E-state index contributed by atoms with van der Waals surface area (Å²) in [6.45, 7) is 5.80. The van der Waals surface area contributed by atoms with Crippen LogP contribution in [0, 0.1) is 0 Å². The van der Waals surface area contributed by atoms with E-state index in [0.717, 1.165) is 18.5 Å². The molecule has 0 aliphatic rings. The van der Waals surface area contributed by atoms with Crippen LogP contribution in [0.1, 0.15) is 32.4 Å². The Bertz CT molecular complexity index is 380. The van der Waals surface area contributed by atoms with Crippen LogP contribution in [0.3, 0.4) is 0 Å². The van der Waals surface area contributed by atoms with Gasteiger partial charge in [-0.15, -0.1) is 0 Å². The molecule has 0 radical (unpaired) electrons. The molecule has 5 nitrogen and oxygen atoms in total. The monoisotopic (exact) mass is 279 g/mol. The van der Waals surface area contributed by atoms with Crippen LogP contribution in [0.4, 0.5) is 4.79 Å². The number of amides is 2. The summed E-state index contributed by atoms with van der Waals surface area (Å²) in [4.78, 5) is 18.4. The van der Waals surface area contributed by atoms with E-state index in [-0.39, 0.29) is 12.1 Å². The van der Waals surface area contributed by atoms with E-state index >= 15 is 0 Å². The molecule has 0 aliphatic carbocycles. The molecule has 0 spiro atoms. The molecule has 0 fully saturated rings. The maximum Gasteiger partial charge on any atom is 0.318 e. The number of carbonyl (C=O) groups is 1. The second-order valence-electron chi connectivity index (χ2n) is 4.64. The maximum absolute atomic E-state index is 12.3. The summed E-state index contributed by atoms with van der Waals surface area (Å²) >= 11 is 0. The van der Waals surface area contributed by atoms with E-state index < -0.39 is 0 Å². The summed E-state index contributed by atoms with van der Waals surface area (Å²) in [5.74, 6) is 0. The van der Waals surface area contributed by atoms with E-state index in [0.29, 0.717) is 19.7 Å². The van der Waals surface area contributed by atoms with Gasteiger partial charge in [0, 0.05) is 25.9 Å². The molecule has 0 unspecified atom stereocenters. The van der Waals surface area contributed by atoms with E-state index in [1.165, 1.54) is 0 Å². The molecule has 1 aromatic rings. The van der Waals surface area contributed by atoms with Crippen LogP contribution in [-0.4, -0.2) is 42.2 Å². The highest BCUT2D eigenvalue weighted by molar-refractivity contribution is 5.74. The number of nitrogens with one attached hydrogen (secondary N) is 1. The Hall–Kier alpha value is -1.62. The highest BCUT2D eigenvalue weighted by Gasteiger charge is 2.20. The van der Waals surface area contributed by atoms with Crippen molar-refractivity contribution < 1.29 is 9.53 Å². The number of pyridine rings is 1. The Morgan fingerprint density at radius 1 is 1.40 bits per heavy atom. The van der Waals surface area contributed by atoms with Gasteiger partial charge in [0.05, 0.1) is 18.8 Å². The Labute approximate surface area is 121 Å². The Morgan fingerprint density at radius 2 is 2.15 bits per heavy atom. The summed E-state index contributed by atoms with van der Waals surface area (Å²) in [7, 11) is 1.65. The van der Waals surface area contributed by atoms with Gasteiger partial charge in [0.2, 0.25) is 0 Å². The molecule has 0 saturated carbocycles. The zero-order valence-electron chi connectivity index (χ0n) is 12.6. The first-order valence-electron chi connectivity index (χ1n) is 7.16. The minimum absolute atomic E-state index is 0.0543. The summed E-state index contributed by atoms with van der Waals surface area (Å²) in [5.41, 5.74) is 0.858. The van der Waals surface area contributed by atoms with Gasteiger partial charge in [-0.3, -0.25) is 4.98 Å². The summed E-state index contributed by atoms with van der Waals surface area (Å²) in [6.07, 6.45) is 3.61. The molecule has 1 heterocycles. The molecule has 0 atom stereocenters. The van der Waals surface area contributed by atoms with Crippen molar-refractivity contribution in [1.82, 2.24) is 15.2 Å². The van der Waals surface area contributed by atoms with E-state index in [4.69, 9.17) is 4.74 Å². The number of nitrogens with zero attached hydrogens (tertiary/aromatic N) is 2. The summed E-state index contributed by atoms with van der Waals surface area (Å²) in [5, 5.41) is 2.93.